The van der Waals surface area contributed by atoms with Crippen LogP contribution in [0.5, 0.6) is 0 Å². The Morgan fingerprint density at radius 2 is 1.58 bits per heavy atom. The number of amides is 2. The predicted molar refractivity (Wildman–Crippen MR) is 71.1 cm³/mol. The Kier molecular flexibility index (Phi) is 3.25. The highest BCUT2D eigenvalue weighted by Crippen LogP contribution is 2.48. The van der Waals surface area contributed by atoms with Crippen molar-refractivity contribution in [3.05, 3.63) is 0 Å². The lowest BCUT2D eigenvalue weighted by Gasteiger charge is -2.38. The molecule has 3 rings (SSSR count). The van der Waals surface area contributed by atoms with Gasteiger partial charge >= 0.3 is 0 Å². The van der Waals surface area contributed by atoms with Gasteiger partial charge in [0.15, 0.2) is 0 Å². The molecule has 2 saturated carbocycles. The third-order valence-corrected chi connectivity index (χ3v) is 5.30. The summed E-state index contributed by atoms with van der Waals surface area (Å²) in [6, 6.07) is 0.0667. The van der Waals surface area contributed by atoms with Crippen molar-refractivity contribution in [2.24, 2.45) is 23.5 Å². The number of hydrogen-bond acceptors (Lipinski definition) is 3. The molecule has 4 unspecified atom stereocenters. The van der Waals surface area contributed by atoms with Crippen molar-refractivity contribution in [2.45, 2.75) is 32.2 Å². The molecule has 2 amide bonds. The second-order valence-corrected chi connectivity index (χ2v) is 6.27. The third-order valence-electron chi connectivity index (χ3n) is 5.30. The molecule has 1 aliphatic heterocycles. The Hall–Kier alpha value is -1.10. The van der Waals surface area contributed by atoms with Crippen LogP contribution in [-0.4, -0.2) is 53.8 Å². The third kappa shape index (κ3) is 2.14. The summed E-state index contributed by atoms with van der Waals surface area (Å²) in [5.74, 6) is 1.46. The van der Waals surface area contributed by atoms with Gasteiger partial charge in [0.25, 0.3) is 0 Å². The average molecular weight is 265 g/mol. The smallest absolute Gasteiger partial charge is 0.227 e. The van der Waals surface area contributed by atoms with E-state index in [9.17, 15) is 9.59 Å². The standard InChI is InChI=1S/C14H23N3O2/c1-9(18)16-4-6-17(7-5-16)14(19)12-10-2-3-11(8-10)13(12)15/h10-13H,2-8,15H2,1H3. The predicted octanol–water partition coefficient (Wildman–Crippen LogP) is 0.0505. The molecule has 2 aliphatic carbocycles. The SMILES string of the molecule is CC(=O)N1CCN(C(=O)C2C3CCC(C3)C2N)CC1. The summed E-state index contributed by atoms with van der Waals surface area (Å²) in [5.41, 5.74) is 6.24. The molecular weight excluding hydrogens is 242 g/mol. The Morgan fingerprint density at radius 3 is 2.11 bits per heavy atom. The molecule has 19 heavy (non-hydrogen) atoms. The van der Waals surface area contributed by atoms with Gasteiger partial charge in [0.05, 0.1) is 5.92 Å². The number of nitrogens with two attached hydrogens (primary N) is 1. The summed E-state index contributed by atoms with van der Waals surface area (Å²) in [6.07, 6.45) is 3.51. The van der Waals surface area contributed by atoms with Gasteiger partial charge in [0, 0.05) is 39.1 Å². The molecule has 5 nitrogen and oxygen atoms in total. The zero-order valence-electron chi connectivity index (χ0n) is 11.5. The van der Waals surface area contributed by atoms with Crippen LogP contribution in [0.3, 0.4) is 0 Å². The molecule has 0 radical (unpaired) electrons. The van der Waals surface area contributed by atoms with Gasteiger partial charge in [-0.3, -0.25) is 9.59 Å². The highest BCUT2D eigenvalue weighted by atomic mass is 16.2. The fourth-order valence-corrected chi connectivity index (χ4v) is 4.15. The van der Waals surface area contributed by atoms with E-state index in [0.29, 0.717) is 38.0 Å². The first kappa shape index (κ1) is 12.9. The normalized spacial score (nSPS) is 37.8. The molecule has 0 aromatic heterocycles. The van der Waals surface area contributed by atoms with E-state index in [1.54, 1.807) is 6.92 Å². The molecular formula is C14H23N3O2. The van der Waals surface area contributed by atoms with Crippen LogP contribution >= 0.6 is 0 Å². The molecule has 106 valence electrons. The summed E-state index contributed by atoms with van der Waals surface area (Å²) in [5, 5.41) is 0. The Morgan fingerprint density at radius 1 is 1.00 bits per heavy atom. The number of carbonyl (C=O) groups is 2. The lowest BCUT2D eigenvalue weighted by atomic mass is 9.84. The highest BCUT2D eigenvalue weighted by Gasteiger charge is 2.50. The molecule has 4 atom stereocenters. The maximum atomic E-state index is 12.6. The molecule has 0 spiro atoms. The van der Waals surface area contributed by atoms with Crippen molar-refractivity contribution in [3.8, 4) is 0 Å². The van der Waals surface area contributed by atoms with Gasteiger partial charge in [-0.05, 0) is 31.1 Å². The fourth-order valence-electron chi connectivity index (χ4n) is 4.15. The first-order valence-electron chi connectivity index (χ1n) is 7.38. The Balaban J connectivity index is 1.61. The fraction of sp³-hybridized carbons (Fsp3) is 0.857. The van der Waals surface area contributed by atoms with Crippen molar-refractivity contribution in [3.63, 3.8) is 0 Å². The first-order chi connectivity index (χ1) is 9.08. The Bertz CT molecular complexity index is 388. The van der Waals surface area contributed by atoms with Crippen LogP contribution in [0.2, 0.25) is 0 Å². The van der Waals surface area contributed by atoms with Gasteiger partial charge in [-0.25, -0.2) is 0 Å². The quantitative estimate of drug-likeness (QED) is 0.728. The monoisotopic (exact) mass is 265 g/mol. The molecule has 0 aromatic rings. The number of nitrogens with zero attached hydrogens (tertiary/aromatic N) is 2. The van der Waals surface area contributed by atoms with E-state index >= 15 is 0 Å². The minimum Gasteiger partial charge on any atom is -0.339 e. The summed E-state index contributed by atoms with van der Waals surface area (Å²) in [7, 11) is 0. The molecule has 0 aromatic carbocycles. The zero-order chi connectivity index (χ0) is 13.6. The molecule has 3 aliphatic rings. The topological polar surface area (TPSA) is 66.6 Å². The van der Waals surface area contributed by atoms with Crippen molar-refractivity contribution >= 4 is 11.8 Å². The molecule has 1 saturated heterocycles. The summed E-state index contributed by atoms with van der Waals surface area (Å²) in [6.45, 7) is 4.25. The molecule has 5 heteroatoms. The number of carbonyl (C=O) groups excluding carboxylic acids is 2. The molecule has 1 heterocycles. The van der Waals surface area contributed by atoms with Crippen LogP contribution < -0.4 is 5.73 Å². The van der Waals surface area contributed by atoms with Gasteiger partial charge in [0.1, 0.15) is 0 Å². The van der Waals surface area contributed by atoms with E-state index < -0.39 is 0 Å². The van der Waals surface area contributed by atoms with Crippen molar-refractivity contribution < 1.29 is 9.59 Å². The lowest BCUT2D eigenvalue weighted by molar-refractivity contribution is -0.143. The number of rotatable bonds is 1. The lowest BCUT2D eigenvalue weighted by Crippen LogP contribution is -2.54. The van der Waals surface area contributed by atoms with E-state index in [2.05, 4.69) is 0 Å². The van der Waals surface area contributed by atoms with E-state index in [1.165, 1.54) is 12.8 Å². The van der Waals surface area contributed by atoms with E-state index in [-0.39, 0.29) is 23.8 Å². The molecule has 2 N–H and O–H groups in total. The largest absolute Gasteiger partial charge is 0.339 e. The van der Waals surface area contributed by atoms with Crippen molar-refractivity contribution in [1.29, 1.82) is 0 Å². The number of hydrogen-bond donors (Lipinski definition) is 1. The number of piperazine rings is 1. The zero-order valence-corrected chi connectivity index (χ0v) is 11.5. The maximum Gasteiger partial charge on any atom is 0.227 e. The second-order valence-electron chi connectivity index (χ2n) is 6.27. The molecule has 3 fully saturated rings. The van der Waals surface area contributed by atoms with Crippen molar-refractivity contribution in [2.75, 3.05) is 26.2 Å². The molecule has 2 bridgehead atoms. The van der Waals surface area contributed by atoms with Gasteiger partial charge < -0.3 is 15.5 Å². The van der Waals surface area contributed by atoms with E-state index in [4.69, 9.17) is 5.73 Å². The minimum absolute atomic E-state index is 0.0441. The van der Waals surface area contributed by atoms with Gasteiger partial charge in [-0.15, -0.1) is 0 Å². The van der Waals surface area contributed by atoms with E-state index in [1.807, 2.05) is 9.80 Å². The first-order valence-corrected chi connectivity index (χ1v) is 7.38. The second kappa shape index (κ2) is 4.78. The van der Waals surface area contributed by atoms with Crippen LogP contribution in [0.25, 0.3) is 0 Å². The van der Waals surface area contributed by atoms with E-state index in [0.717, 1.165) is 6.42 Å². The van der Waals surface area contributed by atoms with Crippen molar-refractivity contribution in [1.82, 2.24) is 9.80 Å². The van der Waals surface area contributed by atoms with Gasteiger partial charge in [-0.2, -0.15) is 0 Å². The highest BCUT2D eigenvalue weighted by molar-refractivity contribution is 5.81. The van der Waals surface area contributed by atoms with Gasteiger partial charge in [-0.1, -0.05) is 0 Å². The van der Waals surface area contributed by atoms with Gasteiger partial charge in [0.2, 0.25) is 11.8 Å². The van der Waals surface area contributed by atoms with Crippen LogP contribution in [0, 0.1) is 17.8 Å². The van der Waals surface area contributed by atoms with Crippen LogP contribution in [0.1, 0.15) is 26.2 Å². The summed E-state index contributed by atoms with van der Waals surface area (Å²) in [4.78, 5) is 27.6. The average Bonchev–Trinajstić information content (AvgIpc) is 2.99. The van der Waals surface area contributed by atoms with Crippen LogP contribution in [-0.2, 0) is 9.59 Å². The minimum atomic E-state index is 0.0441. The summed E-state index contributed by atoms with van der Waals surface area (Å²) >= 11 is 0. The Labute approximate surface area is 114 Å². The van der Waals surface area contributed by atoms with Crippen LogP contribution in [0.4, 0.5) is 0 Å². The maximum absolute atomic E-state index is 12.6. The number of fused-ring (bicyclic) bond motifs is 2. The van der Waals surface area contributed by atoms with Crippen LogP contribution in [0.15, 0.2) is 0 Å². The summed E-state index contributed by atoms with van der Waals surface area (Å²) < 4.78 is 0.